The van der Waals surface area contributed by atoms with Gasteiger partial charge in [0.05, 0.1) is 7.06 Å². The number of rotatable bonds is 2. The molecule has 1 heteroatoms. The Bertz CT molecular complexity index is 1270. The van der Waals surface area contributed by atoms with Crippen LogP contribution in [-0.4, -0.2) is 4.98 Å². The van der Waals surface area contributed by atoms with E-state index in [0.29, 0.717) is 6.04 Å². The first-order chi connectivity index (χ1) is 13.3. The minimum Gasteiger partial charge on any atom is -0.256 e. The number of pyridine rings is 1. The standard InChI is InChI=1S/C25H17N/c1-3-11-21-18(8-1)10-7-13-23(21)24-17-20(25-14-5-6-15-26-25)16-19-9-2-4-12-22(19)24/h1-17H/i17D. The molecule has 1 nitrogen and oxygen atoms in total. The maximum atomic E-state index is 9.04. The van der Waals surface area contributed by atoms with E-state index in [2.05, 4.69) is 65.6 Å². The minimum absolute atomic E-state index is 0.517. The molecule has 0 amide bonds. The van der Waals surface area contributed by atoms with Gasteiger partial charge in [-0.25, -0.2) is 0 Å². The SMILES string of the molecule is [2H]c1c(-c2ccccn2)cc2ccccc2c1-c1cccc2ccccc12. The average Bonchev–Trinajstić information content (AvgIpc) is 2.74. The molecule has 0 saturated heterocycles. The second kappa shape index (κ2) is 6.12. The third-order valence-corrected chi connectivity index (χ3v) is 4.79. The van der Waals surface area contributed by atoms with Gasteiger partial charge in [0.2, 0.25) is 0 Å². The summed E-state index contributed by atoms with van der Waals surface area (Å²) in [7, 11) is 0. The van der Waals surface area contributed by atoms with Crippen LogP contribution in [0.3, 0.4) is 0 Å². The quantitative estimate of drug-likeness (QED) is 0.349. The van der Waals surface area contributed by atoms with Crippen molar-refractivity contribution in [1.82, 2.24) is 4.98 Å². The zero-order chi connectivity index (χ0) is 18.2. The number of hydrogen-bond donors (Lipinski definition) is 0. The largest absolute Gasteiger partial charge is 0.256 e. The number of benzene rings is 4. The van der Waals surface area contributed by atoms with Gasteiger partial charge in [0.1, 0.15) is 0 Å². The molecule has 0 saturated carbocycles. The van der Waals surface area contributed by atoms with Crippen LogP contribution in [0, 0.1) is 0 Å². The molecular formula is C25H17N. The summed E-state index contributed by atoms with van der Waals surface area (Å²) in [5, 5.41) is 4.56. The predicted octanol–water partition coefficient (Wildman–Crippen LogP) is 6.72. The summed E-state index contributed by atoms with van der Waals surface area (Å²) in [5.74, 6) is 0. The van der Waals surface area contributed by atoms with Gasteiger partial charge in [-0.1, -0.05) is 72.8 Å². The molecule has 0 fully saturated rings. The first kappa shape index (κ1) is 13.8. The van der Waals surface area contributed by atoms with E-state index in [0.717, 1.165) is 38.5 Å². The van der Waals surface area contributed by atoms with Crippen LogP contribution in [0.15, 0.2) is 103 Å². The second-order valence-electron chi connectivity index (χ2n) is 6.39. The fourth-order valence-corrected chi connectivity index (χ4v) is 3.56. The first-order valence-electron chi connectivity index (χ1n) is 9.25. The van der Waals surface area contributed by atoms with Crippen LogP contribution in [-0.2, 0) is 0 Å². The van der Waals surface area contributed by atoms with Gasteiger partial charge in [-0.3, -0.25) is 4.98 Å². The van der Waals surface area contributed by atoms with E-state index in [4.69, 9.17) is 1.37 Å². The highest BCUT2D eigenvalue weighted by molar-refractivity contribution is 6.07. The molecule has 5 aromatic rings. The summed E-state index contributed by atoms with van der Waals surface area (Å²) in [5.41, 5.74) is 3.74. The van der Waals surface area contributed by atoms with E-state index in [9.17, 15) is 0 Å². The van der Waals surface area contributed by atoms with Gasteiger partial charge in [-0.15, -0.1) is 0 Å². The summed E-state index contributed by atoms with van der Waals surface area (Å²) in [6.45, 7) is 0. The predicted molar refractivity (Wildman–Crippen MR) is 110 cm³/mol. The summed E-state index contributed by atoms with van der Waals surface area (Å²) in [6, 6.07) is 31.4. The van der Waals surface area contributed by atoms with Crippen LogP contribution in [0.1, 0.15) is 1.37 Å². The topological polar surface area (TPSA) is 12.9 Å². The Morgan fingerprint density at radius 1 is 0.615 bits per heavy atom. The lowest BCUT2D eigenvalue weighted by molar-refractivity contribution is 1.33. The molecule has 1 aromatic heterocycles. The summed E-state index contributed by atoms with van der Waals surface area (Å²) < 4.78 is 9.04. The van der Waals surface area contributed by atoms with Crippen molar-refractivity contribution in [3.8, 4) is 22.4 Å². The molecular weight excluding hydrogens is 314 g/mol. The first-order valence-corrected chi connectivity index (χ1v) is 8.75. The molecule has 0 aliphatic carbocycles. The second-order valence-corrected chi connectivity index (χ2v) is 6.39. The van der Waals surface area contributed by atoms with Crippen molar-refractivity contribution in [2.45, 2.75) is 0 Å². The van der Waals surface area contributed by atoms with Crippen LogP contribution >= 0.6 is 0 Å². The smallest absolute Gasteiger partial charge is 0.0702 e. The zero-order valence-electron chi connectivity index (χ0n) is 15.2. The zero-order valence-corrected chi connectivity index (χ0v) is 14.2. The molecule has 0 aliphatic rings. The Hall–Kier alpha value is -3.45. The van der Waals surface area contributed by atoms with Gasteiger partial charge in [-0.05, 0) is 56.9 Å². The monoisotopic (exact) mass is 332 g/mol. The lowest BCUT2D eigenvalue weighted by Gasteiger charge is -2.13. The molecule has 26 heavy (non-hydrogen) atoms. The van der Waals surface area contributed by atoms with E-state index in [1.54, 1.807) is 6.20 Å². The van der Waals surface area contributed by atoms with Crippen molar-refractivity contribution in [1.29, 1.82) is 0 Å². The van der Waals surface area contributed by atoms with Crippen molar-refractivity contribution >= 4 is 21.5 Å². The molecule has 0 unspecified atom stereocenters. The summed E-state index contributed by atoms with van der Waals surface area (Å²) in [4.78, 5) is 4.49. The van der Waals surface area contributed by atoms with Crippen LogP contribution in [0.25, 0.3) is 43.9 Å². The molecule has 0 bridgehead atoms. The van der Waals surface area contributed by atoms with E-state index >= 15 is 0 Å². The number of fused-ring (bicyclic) bond motifs is 2. The minimum atomic E-state index is 0.517. The normalized spacial score (nSPS) is 11.6. The molecule has 0 atom stereocenters. The number of nitrogens with zero attached hydrogens (tertiary/aromatic N) is 1. The van der Waals surface area contributed by atoms with E-state index in [1.807, 2.05) is 30.3 Å². The van der Waals surface area contributed by atoms with Crippen LogP contribution in [0.2, 0.25) is 0 Å². The van der Waals surface area contributed by atoms with Crippen molar-refractivity contribution < 1.29 is 1.37 Å². The fraction of sp³-hybridized carbons (Fsp3) is 0. The maximum Gasteiger partial charge on any atom is 0.0702 e. The third-order valence-electron chi connectivity index (χ3n) is 4.79. The van der Waals surface area contributed by atoms with E-state index < -0.39 is 0 Å². The summed E-state index contributed by atoms with van der Waals surface area (Å²) in [6.07, 6.45) is 1.78. The number of hydrogen-bond acceptors (Lipinski definition) is 1. The molecule has 1 heterocycles. The molecule has 122 valence electrons. The summed E-state index contributed by atoms with van der Waals surface area (Å²) >= 11 is 0. The average molecular weight is 332 g/mol. The van der Waals surface area contributed by atoms with E-state index in [-0.39, 0.29) is 0 Å². The van der Waals surface area contributed by atoms with Crippen LogP contribution in [0.4, 0.5) is 0 Å². The fourth-order valence-electron chi connectivity index (χ4n) is 3.56. The lowest BCUT2D eigenvalue weighted by Crippen LogP contribution is -1.88. The third kappa shape index (κ3) is 2.46. The van der Waals surface area contributed by atoms with Gasteiger partial charge in [-0.2, -0.15) is 0 Å². The van der Waals surface area contributed by atoms with Crippen molar-refractivity contribution in [3.63, 3.8) is 0 Å². The lowest BCUT2D eigenvalue weighted by atomic mass is 9.91. The van der Waals surface area contributed by atoms with Gasteiger partial charge < -0.3 is 0 Å². The van der Waals surface area contributed by atoms with Crippen LogP contribution in [0.5, 0.6) is 0 Å². The Labute approximate surface area is 154 Å². The number of aromatic nitrogens is 1. The molecule has 5 rings (SSSR count). The molecule has 0 N–H and O–H groups in total. The maximum absolute atomic E-state index is 9.04. The highest BCUT2D eigenvalue weighted by Gasteiger charge is 2.10. The van der Waals surface area contributed by atoms with E-state index in [1.165, 1.54) is 5.39 Å². The van der Waals surface area contributed by atoms with Gasteiger partial charge >= 0.3 is 0 Å². The highest BCUT2D eigenvalue weighted by Crippen LogP contribution is 2.36. The van der Waals surface area contributed by atoms with Gasteiger partial charge in [0, 0.05) is 11.8 Å². The molecule has 0 spiro atoms. The Morgan fingerprint density at radius 2 is 1.31 bits per heavy atom. The van der Waals surface area contributed by atoms with Crippen molar-refractivity contribution in [3.05, 3.63) is 103 Å². The van der Waals surface area contributed by atoms with Crippen molar-refractivity contribution in [2.75, 3.05) is 0 Å². The molecule has 0 aliphatic heterocycles. The van der Waals surface area contributed by atoms with Crippen LogP contribution < -0.4 is 0 Å². The van der Waals surface area contributed by atoms with Gasteiger partial charge in [0.25, 0.3) is 0 Å². The molecule has 0 radical (unpaired) electrons. The molecule has 4 aromatic carbocycles. The Balaban J connectivity index is 1.93. The Kier molecular flexibility index (Phi) is 3.25. The van der Waals surface area contributed by atoms with Gasteiger partial charge in [0.15, 0.2) is 0 Å². The van der Waals surface area contributed by atoms with Crippen molar-refractivity contribution in [2.24, 2.45) is 0 Å². The Morgan fingerprint density at radius 3 is 2.12 bits per heavy atom. The highest BCUT2D eigenvalue weighted by atomic mass is 14.7.